The number of aliphatic hydroxyl groups is 1. The number of amides is 2. The molecule has 5 rings (SSSR count). The summed E-state index contributed by atoms with van der Waals surface area (Å²) in [5, 5.41) is 13.2. The fraction of sp³-hybridized carbons (Fsp3) is 0.323. The molecule has 2 fully saturated rings. The van der Waals surface area contributed by atoms with Crippen LogP contribution in [0.3, 0.4) is 0 Å². The molecule has 0 saturated carbocycles. The molecular formula is C31H31F2N3O2. The van der Waals surface area contributed by atoms with Gasteiger partial charge in [0.1, 0.15) is 0 Å². The Morgan fingerprint density at radius 2 is 1.63 bits per heavy atom. The van der Waals surface area contributed by atoms with Gasteiger partial charge in [-0.2, -0.15) is 0 Å². The highest BCUT2D eigenvalue weighted by molar-refractivity contribution is 5.89. The van der Waals surface area contributed by atoms with Crippen molar-refractivity contribution in [3.63, 3.8) is 0 Å². The second-order valence-corrected chi connectivity index (χ2v) is 10.0. The molecule has 7 heteroatoms. The van der Waals surface area contributed by atoms with E-state index in [1.165, 1.54) is 6.07 Å². The Bertz CT molecular complexity index is 1350. The van der Waals surface area contributed by atoms with E-state index in [1.54, 1.807) is 0 Å². The average molecular weight is 516 g/mol. The van der Waals surface area contributed by atoms with E-state index in [2.05, 4.69) is 22.1 Å². The molecule has 3 aromatic carbocycles. The summed E-state index contributed by atoms with van der Waals surface area (Å²) in [5.74, 6) is 4.14. The quantitative estimate of drug-likeness (QED) is 0.476. The molecule has 2 amide bonds. The Labute approximate surface area is 222 Å². The summed E-state index contributed by atoms with van der Waals surface area (Å²) in [6, 6.07) is 19.2. The molecule has 2 aliphatic heterocycles. The van der Waals surface area contributed by atoms with Crippen LogP contribution in [0.5, 0.6) is 0 Å². The van der Waals surface area contributed by atoms with Crippen molar-refractivity contribution in [2.24, 2.45) is 0 Å². The van der Waals surface area contributed by atoms with Crippen LogP contribution in [0.15, 0.2) is 66.7 Å². The SMILES string of the molecule is Cc1ccc(NC(=O)N2CCCCN3[C@H](CO)[C@H](c4ccc(C#Cc5ccc(F)c(F)c5)cc4)[C@@H]3C2)cc1. The lowest BCUT2D eigenvalue weighted by Gasteiger charge is -2.57. The molecule has 0 spiro atoms. The predicted octanol–water partition coefficient (Wildman–Crippen LogP) is 5.13. The molecule has 0 bridgehead atoms. The summed E-state index contributed by atoms with van der Waals surface area (Å²) >= 11 is 0. The van der Waals surface area contributed by atoms with E-state index in [-0.39, 0.29) is 30.6 Å². The normalized spacial score (nSPS) is 21.3. The van der Waals surface area contributed by atoms with Gasteiger partial charge in [0.25, 0.3) is 0 Å². The highest BCUT2D eigenvalue weighted by atomic mass is 19.2. The van der Waals surface area contributed by atoms with Gasteiger partial charge in [0.15, 0.2) is 11.6 Å². The van der Waals surface area contributed by atoms with Crippen molar-refractivity contribution in [2.45, 2.75) is 37.8 Å². The molecule has 196 valence electrons. The molecule has 5 nitrogen and oxygen atoms in total. The number of hydrogen-bond donors (Lipinski definition) is 2. The fourth-order valence-electron chi connectivity index (χ4n) is 5.47. The number of carbonyl (C=O) groups is 1. The van der Waals surface area contributed by atoms with Gasteiger partial charge in [-0.3, -0.25) is 4.90 Å². The smallest absolute Gasteiger partial charge is 0.321 e. The van der Waals surface area contributed by atoms with Crippen molar-refractivity contribution >= 4 is 11.7 Å². The molecule has 2 aliphatic rings. The van der Waals surface area contributed by atoms with E-state index in [0.29, 0.717) is 18.7 Å². The number of halogens is 2. The van der Waals surface area contributed by atoms with Crippen LogP contribution >= 0.6 is 0 Å². The lowest BCUT2D eigenvalue weighted by molar-refractivity contribution is -0.0585. The number of nitrogens with zero attached hydrogens (tertiary/aromatic N) is 2. The number of urea groups is 1. The highest BCUT2D eigenvalue weighted by Crippen LogP contribution is 2.42. The zero-order chi connectivity index (χ0) is 26.6. The maximum atomic E-state index is 13.5. The summed E-state index contributed by atoms with van der Waals surface area (Å²) in [4.78, 5) is 17.4. The third kappa shape index (κ3) is 5.57. The van der Waals surface area contributed by atoms with Crippen LogP contribution in [0.4, 0.5) is 19.3 Å². The van der Waals surface area contributed by atoms with Gasteiger partial charge in [0.2, 0.25) is 0 Å². The van der Waals surface area contributed by atoms with Gasteiger partial charge in [-0.25, -0.2) is 13.6 Å². The topological polar surface area (TPSA) is 55.8 Å². The van der Waals surface area contributed by atoms with E-state index in [4.69, 9.17) is 0 Å². The first-order valence-corrected chi connectivity index (χ1v) is 13.0. The second kappa shape index (κ2) is 11.3. The van der Waals surface area contributed by atoms with Crippen LogP contribution in [-0.2, 0) is 0 Å². The monoisotopic (exact) mass is 515 g/mol. The summed E-state index contributed by atoms with van der Waals surface area (Å²) in [6.07, 6.45) is 1.88. The zero-order valence-corrected chi connectivity index (χ0v) is 21.3. The minimum Gasteiger partial charge on any atom is -0.395 e. The molecule has 0 radical (unpaired) electrons. The molecule has 2 saturated heterocycles. The fourth-order valence-corrected chi connectivity index (χ4v) is 5.47. The van der Waals surface area contributed by atoms with E-state index in [0.717, 1.165) is 53.9 Å². The van der Waals surface area contributed by atoms with Crippen molar-refractivity contribution < 1.29 is 18.7 Å². The van der Waals surface area contributed by atoms with Gasteiger partial charge in [-0.1, -0.05) is 41.7 Å². The number of aliphatic hydroxyl groups excluding tert-OH is 1. The summed E-state index contributed by atoms with van der Waals surface area (Å²) in [5.41, 5.74) is 4.16. The Hall–Kier alpha value is -3.73. The Balaban J connectivity index is 1.31. The molecule has 0 aromatic heterocycles. The first-order valence-electron chi connectivity index (χ1n) is 13.0. The minimum atomic E-state index is -0.919. The van der Waals surface area contributed by atoms with Crippen molar-refractivity contribution in [3.05, 3.63) is 101 Å². The summed E-state index contributed by atoms with van der Waals surface area (Å²) < 4.78 is 26.6. The summed E-state index contributed by atoms with van der Waals surface area (Å²) in [7, 11) is 0. The van der Waals surface area contributed by atoms with Crippen molar-refractivity contribution in [1.82, 2.24) is 9.80 Å². The molecule has 0 unspecified atom stereocenters. The van der Waals surface area contributed by atoms with Crippen LogP contribution in [0.2, 0.25) is 0 Å². The molecule has 2 N–H and O–H groups in total. The zero-order valence-electron chi connectivity index (χ0n) is 21.3. The maximum absolute atomic E-state index is 13.5. The molecule has 3 aromatic rings. The van der Waals surface area contributed by atoms with Crippen LogP contribution in [0.25, 0.3) is 0 Å². The lowest BCUT2D eigenvalue weighted by Crippen LogP contribution is -2.68. The third-order valence-corrected chi connectivity index (χ3v) is 7.53. The van der Waals surface area contributed by atoms with Crippen molar-refractivity contribution in [1.29, 1.82) is 0 Å². The lowest BCUT2D eigenvalue weighted by atomic mass is 9.74. The molecule has 2 heterocycles. The van der Waals surface area contributed by atoms with E-state index < -0.39 is 11.6 Å². The standard InChI is InChI=1S/C31H31F2N3O2/c1-21-4-13-25(14-5-21)34-31(38)35-16-2-3-17-36-28(19-35)30(29(36)20-37)24-11-8-22(9-12-24)6-7-23-10-15-26(32)27(33)18-23/h4-5,8-15,18,28-30,37H,2-3,16-17,19-20H2,1H3,(H,34,38)/t28-,29+,30+/m0/s1. The van der Waals surface area contributed by atoms with Gasteiger partial charge in [-0.15, -0.1) is 0 Å². The van der Waals surface area contributed by atoms with E-state index >= 15 is 0 Å². The first kappa shape index (κ1) is 25.9. The summed E-state index contributed by atoms with van der Waals surface area (Å²) in [6.45, 7) is 4.23. The Morgan fingerprint density at radius 3 is 2.34 bits per heavy atom. The number of hydrogen-bond acceptors (Lipinski definition) is 3. The number of rotatable bonds is 3. The number of fused-ring (bicyclic) bond motifs is 1. The Kier molecular flexibility index (Phi) is 7.73. The van der Waals surface area contributed by atoms with Gasteiger partial charge in [0, 0.05) is 47.9 Å². The van der Waals surface area contributed by atoms with E-state index in [1.807, 2.05) is 60.4 Å². The van der Waals surface area contributed by atoms with E-state index in [9.17, 15) is 18.7 Å². The molecule has 0 aliphatic carbocycles. The van der Waals surface area contributed by atoms with Gasteiger partial charge >= 0.3 is 6.03 Å². The Morgan fingerprint density at radius 1 is 0.947 bits per heavy atom. The van der Waals surface area contributed by atoms with Crippen LogP contribution in [-0.4, -0.2) is 59.3 Å². The number of benzene rings is 3. The molecular weight excluding hydrogens is 484 g/mol. The predicted molar refractivity (Wildman–Crippen MR) is 144 cm³/mol. The number of aryl methyl sites for hydroxylation is 1. The van der Waals surface area contributed by atoms with Crippen LogP contribution < -0.4 is 5.32 Å². The third-order valence-electron chi connectivity index (χ3n) is 7.53. The largest absolute Gasteiger partial charge is 0.395 e. The van der Waals surface area contributed by atoms with Crippen LogP contribution in [0, 0.1) is 30.4 Å². The highest BCUT2D eigenvalue weighted by Gasteiger charge is 2.49. The van der Waals surface area contributed by atoms with Crippen molar-refractivity contribution in [2.75, 3.05) is 31.6 Å². The average Bonchev–Trinajstić information content (AvgIpc) is 2.90. The molecule has 3 atom stereocenters. The van der Waals surface area contributed by atoms with Crippen LogP contribution in [0.1, 0.15) is 41.0 Å². The van der Waals surface area contributed by atoms with Gasteiger partial charge < -0.3 is 15.3 Å². The van der Waals surface area contributed by atoms with Gasteiger partial charge in [-0.05, 0) is 74.3 Å². The van der Waals surface area contributed by atoms with Gasteiger partial charge in [0.05, 0.1) is 6.61 Å². The molecule has 38 heavy (non-hydrogen) atoms. The minimum absolute atomic E-state index is 0.000709. The number of carbonyl (C=O) groups excluding carboxylic acids is 1. The second-order valence-electron chi connectivity index (χ2n) is 10.0. The maximum Gasteiger partial charge on any atom is 0.321 e. The van der Waals surface area contributed by atoms with Crippen molar-refractivity contribution in [3.8, 4) is 11.8 Å². The number of anilines is 1. The number of nitrogens with one attached hydrogen (secondary N) is 1. The first-order chi connectivity index (χ1) is 18.4.